The Morgan fingerprint density at radius 2 is 1.85 bits per heavy atom. The van der Waals surface area contributed by atoms with Crippen molar-refractivity contribution in [2.45, 2.75) is 51.0 Å². The lowest BCUT2D eigenvalue weighted by atomic mass is 10.1. The number of hydrogen-bond donors (Lipinski definition) is 0. The van der Waals surface area contributed by atoms with E-state index in [-0.39, 0.29) is 29.9 Å². The second-order valence-electron chi connectivity index (χ2n) is 8.33. The Morgan fingerprint density at radius 3 is 2.48 bits per heavy atom. The molecule has 8 heteroatoms. The van der Waals surface area contributed by atoms with E-state index in [1.54, 1.807) is 54.5 Å². The molecule has 0 saturated carbocycles. The first kappa shape index (κ1) is 25.1. The van der Waals surface area contributed by atoms with Gasteiger partial charge in [0.15, 0.2) is 0 Å². The van der Waals surface area contributed by atoms with Crippen molar-refractivity contribution in [1.82, 2.24) is 4.90 Å². The maximum absolute atomic E-state index is 13.6. The van der Waals surface area contributed by atoms with E-state index in [2.05, 4.69) is 0 Å². The number of nitrogens with zero attached hydrogens (tertiary/aromatic N) is 2. The van der Waals surface area contributed by atoms with E-state index in [1.165, 1.54) is 4.31 Å². The van der Waals surface area contributed by atoms with Crippen molar-refractivity contribution < 1.29 is 22.7 Å². The Morgan fingerprint density at radius 1 is 1.12 bits per heavy atom. The first-order valence-electron chi connectivity index (χ1n) is 11.4. The number of anilines is 1. The molecule has 0 aliphatic carbocycles. The van der Waals surface area contributed by atoms with Crippen molar-refractivity contribution in [2.75, 3.05) is 37.7 Å². The second kappa shape index (κ2) is 11.0. The lowest BCUT2D eigenvalue weighted by Gasteiger charge is -2.33. The molecule has 1 aliphatic heterocycles. The van der Waals surface area contributed by atoms with E-state index < -0.39 is 10.0 Å². The fourth-order valence-corrected chi connectivity index (χ4v) is 5.58. The predicted molar refractivity (Wildman–Crippen MR) is 129 cm³/mol. The highest BCUT2D eigenvalue weighted by atomic mass is 32.2. The van der Waals surface area contributed by atoms with Crippen LogP contribution in [0.5, 0.6) is 5.75 Å². The summed E-state index contributed by atoms with van der Waals surface area (Å²) in [4.78, 5) is 15.0. The van der Waals surface area contributed by atoms with E-state index >= 15 is 0 Å². The Labute approximate surface area is 197 Å². The van der Waals surface area contributed by atoms with Crippen molar-refractivity contribution in [1.29, 1.82) is 0 Å². The average Bonchev–Trinajstić information content (AvgIpc) is 2.81. The molecule has 1 unspecified atom stereocenters. The third kappa shape index (κ3) is 6.06. The molecule has 0 N–H and O–H groups in total. The smallest absolute Gasteiger partial charge is 0.264 e. The number of piperidine rings is 1. The molecule has 1 amide bonds. The highest BCUT2D eigenvalue weighted by Crippen LogP contribution is 2.27. The third-order valence-corrected chi connectivity index (χ3v) is 7.91. The molecule has 0 radical (unpaired) electrons. The van der Waals surface area contributed by atoms with Crippen LogP contribution in [0.25, 0.3) is 0 Å². The number of rotatable bonds is 9. The molecule has 0 bridgehead atoms. The number of amides is 1. The van der Waals surface area contributed by atoms with Gasteiger partial charge in [-0.25, -0.2) is 8.42 Å². The monoisotopic (exact) mass is 474 g/mol. The van der Waals surface area contributed by atoms with E-state index in [4.69, 9.17) is 9.47 Å². The van der Waals surface area contributed by atoms with Crippen LogP contribution in [0.3, 0.4) is 0 Å². The molecule has 3 rings (SSSR count). The van der Waals surface area contributed by atoms with Crippen LogP contribution in [0.1, 0.15) is 37.3 Å². The zero-order chi connectivity index (χ0) is 24.0. The largest absolute Gasteiger partial charge is 0.497 e. The maximum atomic E-state index is 13.6. The number of hydrogen-bond acceptors (Lipinski definition) is 5. The van der Waals surface area contributed by atoms with Crippen molar-refractivity contribution in [3.63, 3.8) is 0 Å². The number of ether oxygens (including phenoxy) is 2. The van der Waals surface area contributed by atoms with Gasteiger partial charge in [-0.2, -0.15) is 0 Å². The summed E-state index contributed by atoms with van der Waals surface area (Å²) in [6, 6.07) is 11.9. The van der Waals surface area contributed by atoms with Crippen molar-refractivity contribution in [3.8, 4) is 5.75 Å². The van der Waals surface area contributed by atoms with Crippen LogP contribution in [-0.2, 0) is 19.6 Å². The third-order valence-electron chi connectivity index (χ3n) is 6.09. The minimum Gasteiger partial charge on any atom is -0.497 e. The molecule has 1 atom stereocenters. The Kier molecular flexibility index (Phi) is 8.37. The standard InChI is InChI=1S/C25H34N2O5S/c1-5-32-23-7-6-15-26(18-23)25(28)14-16-27(21-9-11-22(31-4)12-10-21)33(29,30)24-13-8-19(2)20(3)17-24/h8-13,17,23H,5-7,14-16,18H2,1-4H3. The second-order valence-corrected chi connectivity index (χ2v) is 10.2. The highest BCUT2D eigenvalue weighted by Gasteiger charge is 2.28. The van der Waals surface area contributed by atoms with Crippen molar-refractivity contribution in [2.24, 2.45) is 0 Å². The number of aryl methyl sites for hydroxylation is 2. The molecular weight excluding hydrogens is 440 g/mol. The number of benzene rings is 2. The van der Waals surface area contributed by atoms with Crippen LogP contribution in [0.15, 0.2) is 47.4 Å². The normalized spacial score (nSPS) is 16.5. The van der Waals surface area contributed by atoms with Gasteiger partial charge in [-0.1, -0.05) is 6.07 Å². The predicted octanol–water partition coefficient (Wildman–Crippen LogP) is 3.92. The van der Waals surface area contributed by atoms with E-state index in [0.29, 0.717) is 31.1 Å². The van der Waals surface area contributed by atoms with Gasteiger partial charge in [0.2, 0.25) is 5.91 Å². The summed E-state index contributed by atoms with van der Waals surface area (Å²) in [6.07, 6.45) is 1.97. The van der Waals surface area contributed by atoms with Gasteiger partial charge in [0.1, 0.15) is 5.75 Å². The molecule has 0 aromatic heterocycles. The molecule has 1 saturated heterocycles. The SMILES string of the molecule is CCOC1CCCN(C(=O)CCN(c2ccc(OC)cc2)S(=O)(=O)c2ccc(C)c(C)c2)C1. The molecule has 1 fully saturated rings. The average molecular weight is 475 g/mol. The number of likely N-dealkylation sites (tertiary alicyclic amines) is 1. The molecule has 2 aromatic rings. The Hall–Kier alpha value is -2.58. The van der Waals surface area contributed by atoms with Crippen molar-refractivity contribution >= 4 is 21.6 Å². The number of carbonyl (C=O) groups excluding carboxylic acids is 1. The van der Waals surface area contributed by atoms with Crippen LogP contribution in [0.4, 0.5) is 5.69 Å². The molecule has 2 aromatic carbocycles. The van der Waals surface area contributed by atoms with Gasteiger partial charge in [0.25, 0.3) is 10.0 Å². The van der Waals surface area contributed by atoms with Crippen LogP contribution in [-0.4, -0.2) is 58.7 Å². The van der Waals surface area contributed by atoms with E-state index in [0.717, 1.165) is 24.0 Å². The number of methoxy groups -OCH3 is 1. The minimum absolute atomic E-state index is 0.0460. The molecule has 1 heterocycles. The van der Waals surface area contributed by atoms with Crippen LogP contribution in [0.2, 0.25) is 0 Å². The van der Waals surface area contributed by atoms with Gasteiger partial charge in [-0.05, 0) is 81.1 Å². The number of carbonyl (C=O) groups is 1. The van der Waals surface area contributed by atoms with Crippen LogP contribution >= 0.6 is 0 Å². The highest BCUT2D eigenvalue weighted by molar-refractivity contribution is 7.92. The lowest BCUT2D eigenvalue weighted by molar-refractivity contribution is -0.135. The molecule has 33 heavy (non-hydrogen) atoms. The first-order valence-corrected chi connectivity index (χ1v) is 12.8. The Bertz CT molecular complexity index is 1050. The zero-order valence-electron chi connectivity index (χ0n) is 19.9. The first-order chi connectivity index (χ1) is 15.8. The number of sulfonamides is 1. The minimum atomic E-state index is -3.86. The molecule has 1 aliphatic rings. The van der Waals surface area contributed by atoms with Gasteiger partial charge in [0, 0.05) is 32.7 Å². The molecule has 7 nitrogen and oxygen atoms in total. The summed E-state index contributed by atoms with van der Waals surface area (Å²) < 4.78 is 39.5. The van der Waals surface area contributed by atoms with Crippen molar-refractivity contribution in [3.05, 3.63) is 53.6 Å². The zero-order valence-corrected chi connectivity index (χ0v) is 20.7. The summed E-state index contributed by atoms with van der Waals surface area (Å²) in [6.45, 7) is 7.68. The molecular formula is C25H34N2O5S. The Balaban J connectivity index is 1.84. The molecule has 180 valence electrons. The van der Waals surface area contributed by atoms with Gasteiger partial charge in [-0.15, -0.1) is 0 Å². The van der Waals surface area contributed by atoms with E-state index in [1.807, 2.05) is 20.8 Å². The van der Waals surface area contributed by atoms with Gasteiger partial charge < -0.3 is 14.4 Å². The van der Waals surface area contributed by atoms with Crippen LogP contribution in [0, 0.1) is 13.8 Å². The van der Waals surface area contributed by atoms with Gasteiger partial charge >= 0.3 is 0 Å². The van der Waals surface area contributed by atoms with Crippen LogP contribution < -0.4 is 9.04 Å². The summed E-state index contributed by atoms with van der Waals surface area (Å²) in [7, 11) is -2.30. The van der Waals surface area contributed by atoms with E-state index in [9.17, 15) is 13.2 Å². The summed E-state index contributed by atoms with van der Waals surface area (Å²) in [5.74, 6) is 0.571. The fourth-order valence-electron chi connectivity index (χ4n) is 4.03. The molecule has 0 spiro atoms. The summed E-state index contributed by atoms with van der Waals surface area (Å²) >= 11 is 0. The summed E-state index contributed by atoms with van der Waals surface area (Å²) in [5.41, 5.74) is 2.42. The van der Waals surface area contributed by atoms with Gasteiger partial charge in [0.05, 0.1) is 23.8 Å². The lowest BCUT2D eigenvalue weighted by Crippen LogP contribution is -2.44. The topological polar surface area (TPSA) is 76.2 Å². The van der Waals surface area contributed by atoms with Gasteiger partial charge in [-0.3, -0.25) is 9.10 Å². The maximum Gasteiger partial charge on any atom is 0.264 e. The quantitative estimate of drug-likeness (QED) is 0.551. The fraction of sp³-hybridized carbons (Fsp3) is 0.480. The summed E-state index contributed by atoms with van der Waals surface area (Å²) in [5, 5.41) is 0.